The van der Waals surface area contributed by atoms with Crippen LogP contribution in [0.25, 0.3) is 0 Å². The van der Waals surface area contributed by atoms with Crippen molar-refractivity contribution in [1.82, 2.24) is 10.2 Å². The van der Waals surface area contributed by atoms with Gasteiger partial charge in [-0.15, -0.1) is 11.8 Å². The maximum absolute atomic E-state index is 11.5. The van der Waals surface area contributed by atoms with E-state index in [0.29, 0.717) is 18.5 Å². The average molecular weight is 276 g/mol. The van der Waals surface area contributed by atoms with Crippen LogP contribution >= 0.6 is 11.8 Å². The Morgan fingerprint density at radius 2 is 2.16 bits per heavy atom. The molecule has 3 nitrogen and oxygen atoms in total. The highest BCUT2D eigenvalue weighted by Crippen LogP contribution is 2.36. The highest BCUT2D eigenvalue weighted by atomic mass is 32.2. The molecule has 3 rings (SSSR count). The summed E-state index contributed by atoms with van der Waals surface area (Å²) in [6.07, 6.45) is 2.82. The van der Waals surface area contributed by atoms with Crippen LogP contribution in [0.1, 0.15) is 30.9 Å². The van der Waals surface area contributed by atoms with Crippen LogP contribution in [-0.4, -0.2) is 36.2 Å². The first-order chi connectivity index (χ1) is 9.24. The van der Waals surface area contributed by atoms with Crippen molar-refractivity contribution in [2.24, 2.45) is 0 Å². The number of likely N-dealkylation sites (N-methyl/N-ethyl adjacent to an activating group) is 1. The molecule has 0 radical (unpaired) electrons. The van der Waals surface area contributed by atoms with Gasteiger partial charge in [-0.3, -0.25) is 4.79 Å². The van der Waals surface area contributed by atoms with Gasteiger partial charge in [-0.05, 0) is 30.2 Å². The molecule has 0 aliphatic carbocycles. The van der Waals surface area contributed by atoms with Crippen molar-refractivity contribution in [2.45, 2.75) is 36.2 Å². The van der Waals surface area contributed by atoms with E-state index in [2.05, 4.69) is 29.6 Å². The van der Waals surface area contributed by atoms with Crippen molar-refractivity contribution in [3.05, 3.63) is 29.8 Å². The maximum atomic E-state index is 11.5. The van der Waals surface area contributed by atoms with E-state index in [4.69, 9.17) is 0 Å². The molecule has 4 heteroatoms. The third kappa shape index (κ3) is 2.79. The Morgan fingerprint density at radius 3 is 3.00 bits per heavy atom. The molecule has 0 bridgehead atoms. The van der Waals surface area contributed by atoms with Gasteiger partial charge in [0.25, 0.3) is 0 Å². The van der Waals surface area contributed by atoms with Crippen LogP contribution in [0.4, 0.5) is 0 Å². The number of amides is 1. The third-order valence-corrected chi connectivity index (χ3v) is 5.14. The van der Waals surface area contributed by atoms with Crippen molar-refractivity contribution in [3.63, 3.8) is 0 Å². The maximum Gasteiger partial charge on any atom is 0.222 e. The summed E-state index contributed by atoms with van der Waals surface area (Å²) in [6.45, 7) is 0.838. The number of thioether (sulfide) groups is 1. The summed E-state index contributed by atoms with van der Waals surface area (Å²) < 4.78 is 0. The van der Waals surface area contributed by atoms with Gasteiger partial charge in [0.2, 0.25) is 5.91 Å². The SMILES string of the molecule is CN1CC(NC2CCSc3ccccc32)CCC1=O. The minimum absolute atomic E-state index is 0.276. The van der Waals surface area contributed by atoms with E-state index in [1.807, 2.05) is 23.7 Å². The van der Waals surface area contributed by atoms with Gasteiger partial charge < -0.3 is 10.2 Å². The number of hydrogen-bond donors (Lipinski definition) is 1. The van der Waals surface area contributed by atoms with Crippen LogP contribution in [-0.2, 0) is 4.79 Å². The fraction of sp³-hybridized carbons (Fsp3) is 0.533. The molecule has 1 aromatic carbocycles. The lowest BCUT2D eigenvalue weighted by Gasteiger charge is -2.35. The molecule has 2 unspecified atom stereocenters. The predicted octanol–water partition coefficient (Wildman–Crippen LogP) is 2.43. The Kier molecular flexibility index (Phi) is 3.80. The second kappa shape index (κ2) is 5.55. The zero-order valence-corrected chi connectivity index (χ0v) is 12.1. The van der Waals surface area contributed by atoms with E-state index in [9.17, 15) is 4.79 Å². The highest BCUT2D eigenvalue weighted by Gasteiger charge is 2.27. The molecule has 1 aromatic rings. The Hall–Kier alpha value is -1.00. The molecular formula is C15H20N2OS. The van der Waals surface area contributed by atoms with Crippen molar-refractivity contribution in [2.75, 3.05) is 19.3 Å². The van der Waals surface area contributed by atoms with Gasteiger partial charge >= 0.3 is 0 Å². The molecule has 1 fully saturated rings. The summed E-state index contributed by atoms with van der Waals surface area (Å²) in [5.41, 5.74) is 1.43. The minimum Gasteiger partial charge on any atom is -0.344 e. The smallest absolute Gasteiger partial charge is 0.222 e. The first-order valence-corrected chi connectivity index (χ1v) is 7.94. The van der Waals surface area contributed by atoms with E-state index in [1.54, 1.807) is 0 Å². The number of rotatable bonds is 2. The van der Waals surface area contributed by atoms with Gasteiger partial charge in [-0.25, -0.2) is 0 Å². The molecule has 0 saturated carbocycles. The van der Waals surface area contributed by atoms with Gasteiger partial charge in [0.15, 0.2) is 0 Å². The van der Waals surface area contributed by atoms with Crippen molar-refractivity contribution >= 4 is 17.7 Å². The molecule has 0 spiro atoms. The van der Waals surface area contributed by atoms with Crippen LogP contribution in [0.15, 0.2) is 29.2 Å². The first kappa shape index (κ1) is 13.0. The number of benzene rings is 1. The highest BCUT2D eigenvalue weighted by molar-refractivity contribution is 7.99. The lowest BCUT2D eigenvalue weighted by molar-refractivity contribution is -0.132. The molecule has 19 heavy (non-hydrogen) atoms. The molecule has 0 aromatic heterocycles. The number of piperidine rings is 1. The summed E-state index contributed by atoms with van der Waals surface area (Å²) in [5, 5.41) is 3.76. The number of carbonyl (C=O) groups excluding carboxylic acids is 1. The Balaban J connectivity index is 1.69. The second-order valence-corrected chi connectivity index (χ2v) is 6.54. The van der Waals surface area contributed by atoms with E-state index < -0.39 is 0 Å². The number of fused-ring (bicyclic) bond motifs is 1. The quantitative estimate of drug-likeness (QED) is 0.900. The molecule has 1 saturated heterocycles. The molecule has 102 valence electrons. The fourth-order valence-electron chi connectivity index (χ4n) is 2.95. The summed E-state index contributed by atoms with van der Waals surface area (Å²) in [4.78, 5) is 14.8. The summed E-state index contributed by atoms with van der Waals surface area (Å²) in [7, 11) is 1.90. The topological polar surface area (TPSA) is 32.3 Å². The van der Waals surface area contributed by atoms with Gasteiger partial charge in [0.05, 0.1) is 0 Å². The normalized spacial score (nSPS) is 27.2. The number of likely N-dealkylation sites (tertiary alicyclic amines) is 1. The van der Waals surface area contributed by atoms with Crippen LogP contribution < -0.4 is 5.32 Å². The van der Waals surface area contributed by atoms with Crippen molar-refractivity contribution < 1.29 is 4.79 Å². The lowest BCUT2D eigenvalue weighted by Crippen LogP contribution is -2.48. The molecule has 2 atom stereocenters. The number of carbonyl (C=O) groups is 1. The van der Waals surface area contributed by atoms with E-state index in [0.717, 1.165) is 13.0 Å². The summed E-state index contributed by atoms with van der Waals surface area (Å²) in [5.74, 6) is 1.45. The van der Waals surface area contributed by atoms with Crippen LogP contribution in [0.5, 0.6) is 0 Å². The second-order valence-electron chi connectivity index (χ2n) is 5.40. The number of nitrogens with one attached hydrogen (secondary N) is 1. The molecule has 1 amide bonds. The molecule has 2 aliphatic heterocycles. The predicted molar refractivity (Wildman–Crippen MR) is 78.3 cm³/mol. The number of nitrogens with zero attached hydrogens (tertiary/aromatic N) is 1. The standard InChI is InChI=1S/C15H20N2OS/c1-17-10-11(6-7-15(17)18)16-13-8-9-19-14-5-3-2-4-12(13)14/h2-5,11,13,16H,6-10H2,1H3. The molecule has 1 N–H and O–H groups in total. The first-order valence-electron chi connectivity index (χ1n) is 6.96. The Labute approximate surface area is 118 Å². The van der Waals surface area contributed by atoms with Gasteiger partial charge in [0, 0.05) is 37.0 Å². The zero-order chi connectivity index (χ0) is 13.2. The fourth-order valence-corrected chi connectivity index (χ4v) is 4.07. The largest absolute Gasteiger partial charge is 0.344 e. The van der Waals surface area contributed by atoms with E-state index in [-0.39, 0.29) is 5.91 Å². The van der Waals surface area contributed by atoms with Crippen LogP contribution in [0, 0.1) is 0 Å². The minimum atomic E-state index is 0.276. The van der Waals surface area contributed by atoms with Crippen LogP contribution in [0.2, 0.25) is 0 Å². The van der Waals surface area contributed by atoms with Crippen LogP contribution in [0.3, 0.4) is 0 Å². The zero-order valence-electron chi connectivity index (χ0n) is 11.3. The molecule has 2 aliphatic rings. The van der Waals surface area contributed by atoms with Gasteiger partial charge in [-0.1, -0.05) is 18.2 Å². The van der Waals surface area contributed by atoms with Crippen molar-refractivity contribution in [1.29, 1.82) is 0 Å². The van der Waals surface area contributed by atoms with Gasteiger partial charge in [0.1, 0.15) is 0 Å². The monoisotopic (exact) mass is 276 g/mol. The summed E-state index contributed by atoms with van der Waals surface area (Å²) in [6, 6.07) is 9.56. The van der Waals surface area contributed by atoms with Gasteiger partial charge in [-0.2, -0.15) is 0 Å². The molecular weight excluding hydrogens is 256 g/mol. The average Bonchev–Trinajstić information content (AvgIpc) is 2.43. The van der Waals surface area contributed by atoms with Crippen molar-refractivity contribution in [3.8, 4) is 0 Å². The van der Waals surface area contributed by atoms with E-state index in [1.165, 1.54) is 22.6 Å². The number of hydrogen-bond acceptors (Lipinski definition) is 3. The van der Waals surface area contributed by atoms with E-state index >= 15 is 0 Å². The third-order valence-electron chi connectivity index (χ3n) is 4.02. The molecule has 2 heterocycles. The Bertz CT molecular complexity index is 477. The lowest BCUT2D eigenvalue weighted by atomic mass is 9.99. The summed E-state index contributed by atoms with van der Waals surface area (Å²) >= 11 is 1.95. The Morgan fingerprint density at radius 1 is 1.32 bits per heavy atom.